The summed E-state index contributed by atoms with van der Waals surface area (Å²) in [6.45, 7) is 2.82. The number of piperidine rings is 1. The molecule has 8 heteroatoms. The van der Waals surface area contributed by atoms with Gasteiger partial charge >= 0.3 is 5.97 Å². The van der Waals surface area contributed by atoms with Gasteiger partial charge in [0.05, 0.1) is 17.7 Å². The molecule has 1 aromatic carbocycles. The second-order valence-electron chi connectivity index (χ2n) is 12.5. The number of carboxylic acids is 1. The van der Waals surface area contributed by atoms with E-state index >= 15 is 0 Å². The smallest absolute Gasteiger partial charge is 0.337 e. The standard InChI is InChI=1S/C32H41FN2O5/c1-22(17-23-9-3-2-4-10-23)29(37)34-16-15-32(40,31(20-34)13-7-8-14-31)21-35-19-26(30(38)39)25(18-28(35)36)24-11-5-6-12-27(24)33/h5-6,11-12,18-19,22-23,40H,2-4,7-10,13-17,20-21H2,1H3,(H,38,39)/t22-,32?/m1/s1. The van der Waals surface area contributed by atoms with Crippen molar-refractivity contribution in [2.75, 3.05) is 13.1 Å². The highest BCUT2D eigenvalue weighted by atomic mass is 19.1. The van der Waals surface area contributed by atoms with Crippen LogP contribution in [0.2, 0.25) is 0 Å². The quantitative estimate of drug-likeness (QED) is 0.474. The van der Waals surface area contributed by atoms with Crippen molar-refractivity contribution >= 4 is 11.9 Å². The van der Waals surface area contributed by atoms with Gasteiger partial charge in [-0.2, -0.15) is 0 Å². The van der Waals surface area contributed by atoms with E-state index in [1.807, 2.05) is 11.8 Å². The van der Waals surface area contributed by atoms with E-state index in [1.54, 1.807) is 6.07 Å². The van der Waals surface area contributed by atoms with Crippen molar-refractivity contribution in [1.29, 1.82) is 0 Å². The Bertz CT molecular complexity index is 1310. The molecule has 1 saturated heterocycles. The Morgan fingerprint density at radius 3 is 2.42 bits per heavy atom. The lowest BCUT2D eigenvalue weighted by atomic mass is 9.65. The predicted molar refractivity (Wildman–Crippen MR) is 150 cm³/mol. The number of aliphatic hydroxyl groups is 1. The topological polar surface area (TPSA) is 99.8 Å². The Morgan fingerprint density at radius 1 is 1.05 bits per heavy atom. The number of likely N-dealkylation sites (tertiary alicyclic amines) is 1. The fraction of sp³-hybridized carbons (Fsp3) is 0.594. The normalized spacial score (nSPS) is 23.8. The fourth-order valence-electron chi connectivity index (χ4n) is 7.67. The van der Waals surface area contributed by atoms with Crippen LogP contribution in [0.5, 0.6) is 0 Å². The molecule has 1 unspecified atom stereocenters. The average Bonchev–Trinajstić information content (AvgIpc) is 3.41. The number of carbonyl (C=O) groups excluding carboxylic acids is 1. The minimum Gasteiger partial charge on any atom is -0.478 e. The number of benzene rings is 1. The van der Waals surface area contributed by atoms with Crippen LogP contribution in [0.4, 0.5) is 4.39 Å². The van der Waals surface area contributed by atoms with Gasteiger partial charge in [0.2, 0.25) is 5.91 Å². The van der Waals surface area contributed by atoms with Crippen LogP contribution in [0.1, 0.15) is 87.9 Å². The monoisotopic (exact) mass is 552 g/mol. The van der Waals surface area contributed by atoms with Gasteiger partial charge in [0.25, 0.3) is 5.56 Å². The number of hydrogen-bond donors (Lipinski definition) is 2. The van der Waals surface area contributed by atoms with Crippen LogP contribution in [0.3, 0.4) is 0 Å². The maximum absolute atomic E-state index is 14.5. The molecule has 2 aliphatic carbocycles. The van der Waals surface area contributed by atoms with Crippen molar-refractivity contribution in [1.82, 2.24) is 9.47 Å². The van der Waals surface area contributed by atoms with Crippen LogP contribution < -0.4 is 5.56 Å². The number of aromatic nitrogens is 1. The molecule has 216 valence electrons. The minimum atomic E-state index is -1.28. The van der Waals surface area contributed by atoms with Crippen LogP contribution in [0, 0.1) is 23.1 Å². The van der Waals surface area contributed by atoms with E-state index in [1.165, 1.54) is 61.1 Å². The lowest BCUT2D eigenvalue weighted by Gasteiger charge is -2.53. The summed E-state index contributed by atoms with van der Waals surface area (Å²) >= 11 is 0. The van der Waals surface area contributed by atoms with Crippen molar-refractivity contribution in [3.8, 4) is 11.1 Å². The van der Waals surface area contributed by atoms with E-state index in [0.29, 0.717) is 25.4 Å². The van der Waals surface area contributed by atoms with Crippen LogP contribution in [-0.4, -0.2) is 50.2 Å². The maximum atomic E-state index is 14.5. The van der Waals surface area contributed by atoms with Crippen LogP contribution >= 0.6 is 0 Å². The lowest BCUT2D eigenvalue weighted by Crippen LogP contribution is -2.62. The molecule has 1 amide bonds. The molecule has 1 aromatic heterocycles. The summed E-state index contributed by atoms with van der Waals surface area (Å²) in [7, 11) is 0. The van der Waals surface area contributed by atoms with E-state index in [2.05, 4.69) is 0 Å². The third-order valence-electron chi connectivity index (χ3n) is 9.93. The number of nitrogens with zero attached hydrogens (tertiary/aromatic N) is 2. The molecule has 2 aromatic rings. The number of carbonyl (C=O) groups is 2. The second kappa shape index (κ2) is 11.5. The molecule has 0 radical (unpaired) electrons. The molecule has 3 fully saturated rings. The Hall–Kier alpha value is -3.00. The largest absolute Gasteiger partial charge is 0.478 e. The number of carboxylic acid groups (broad SMARTS) is 1. The molecule has 2 heterocycles. The van der Waals surface area contributed by atoms with Crippen LogP contribution in [-0.2, 0) is 11.3 Å². The maximum Gasteiger partial charge on any atom is 0.337 e. The highest BCUT2D eigenvalue weighted by Gasteiger charge is 2.55. The molecule has 2 atom stereocenters. The third kappa shape index (κ3) is 5.47. The van der Waals surface area contributed by atoms with Gasteiger partial charge in [-0.1, -0.05) is 70.1 Å². The first-order valence-electron chi connectivity index (χ1n) is 14.9. The number of hydrogen-bond acceptors (Lipinski definition) is 4. The molecule has 2 N–H and O–H groups in total. The molecule has 2 saturated carbocycles. The van der Waals surface area contributed by atoms with E-state index in [4.69, 9.17) is 0 Å². The second-order valence-corrected chi connectivity index (χ2v) is 12.5. The van der Waals surface area contributed by atoms with Crippen molar-refractivity contribution in [2.24, 2.45) is 17.3 Å². The molecular formula is C32H41FN2O5. The van der Waals surface area contributed by atoms with Crippen molar-refractivity contribution in [3.05, 3.63) is 58.3 Å². The first-order chi connectivity index (χ1) is 19.1. The molecule has 40 heavy (non-hydrogen) atoms. The summed E-state index contributed by atoms with van der Waals surface area (Å²) < 4.78 is 15.8. The van der Waals surface area contributed by atoms with Gasteiger partial charge in [-0.05, 0) is 37.7 Å². The van der Waals surface area contributed by atoms with Gasteiger partial charge in [-0.25, -0.2) is 9.18 Å². The van der Waals surface area contributed by atoms with Gasteiger partial charge in [-0.15, -0.1) is 0 Å². The minimum absolute atomic E-state index is 0.0155. The lowest BCUT2D eigenvalue weighted by molar-refractivity contribution is -0.163. The number of aromatic carboxylic acids is 1. The Balaban J connectivity index is 1.39. The summed E-state index contributed by atoms with van der Waals surface area (Å²) in [5.41, 5.74) is -2.46. The van der Waals surface area contributed by atoms with Gasteiger partial charge in [0.15, 0.2) is 0 Å². The van der Waals surface area contributed by atoms with Crippen molar-refractivity contribution in [3.63, 3.8) is 0 Å². The number of amides is 1. The van der Waals surface area contributed by atoms with E-state index in [0.717, 1.165) is 38.2 Å². The summed E-state index contributed by atoms with van der Waals surface area (Å²) in [4.78, 5) is 40.9. The Kier molecular flexibility index (Phi) is 8.18. The van der Waals surface area contributed by atoms with Gasteiger partial charge in [0.1, 0.15) is 5.82 Å². The zero-order chi connectivity index (χ0) is 28.5. The predicted octanol–water partition coefficient (Wildman–Crippen LogP) is 5.48. The molecule has 3 aliphatic rings. The summed E-state index contributed by atoms with van der Waals surface area (Å²) in [5, 5.41) is 22.1. The average molecular weight is 553 g/mol. The highest BCUT2D eigenvalue weighted by molar-refractivity contribution is 5.95. The molecule has 1 aliphatic heterocycles. The molecule has 7 nitrogen and oxygen atoms in total. The van der Waals surface area contributed by atoms with E-state index < -0.39 is 28.4 Å². The van der Waals surface area contributed by atoms with Gasteiger partial charge in [0, 0.05) is 47.8 Å². The zero-order valence-corrected chi connectivity index (χ0v) is 23.4. The molecule has 0 bridgehead atoms. The summed E-state index contributed by atoms with van der Waals surface area (Å²) in [5.74, 6) is -1.18. The highest BCUT2D eigenvalue weighted by Crippen LogP contribution is 2.52. The Labute approximate surface area is 235 Å². The number of pyridine rings is 1. The Morgan fingerprint density at radius 2 is 1.75 bits per heavy atom. The first-order valence-corrected chi connectivity index (χ1v) is 14.9. The van der Waals surface area contributed by atoms with Gasteiger partial charge in [-0.3, -0.25) is 9.59 Å². The third-order valence-corrected chi connectivity index (χ3v) is 9.93. The van der Waals surface area contributed by atoms with E-state index in [-0.39, 0.29) is 35.1 Å². The number of rotatable bonds is 7. The SMILES string of the molecule is C[C@H](CC1CCCCC1)C(=O)N1CCC(O)(Cn2cc(C(=O)O)c(-c3ccccc3F)cc2=O)C2(CCCC2)C1. The summed E-state index contributed by atoms with van der Waals surface area (Å²) in [6, 6.07) is 6.92. The first kappa shape index (κ1) is 28.5. The zero-order valence-electron chi connectivity index (χ0n) is 23.4. The fourth-order valence-corrected chi connectivity index (χ4v) is 7.67. The van der Waals surface area contributed by atoms with E-state index in [9.17, 15) is 29.0 Å². The van der Waals surface area contributed by atoms with Crippen LogP contribution in [0.15, 0.2) is 41.3 Å². The molecule has 1 spiro atoms. The van der Waals surface area contributed by atoms with Gasteiger partial charge < -0.3 is 19.7 Å². The van der Waals surface area contributed by atoms with Crippen molar-refractivity contribution < 1.29 is 24.2 Å². The van der Waals surface area contributed by atoms with Crippen molar-refractivity contribution in [2.45, 2.75) is 89.7 Å². The number of halogens is 1. The summed E-state index contributed by atoms with van der Waals surface area (Å²) in [6.07, 6.45) is 12.0. The molecular weight excluding hydrogens is 511 g/mol. The molecule has 5 rings (SSSR count). The van der Waals surface area contributed by atoms with Crippen LogP contribution in [0.25, 0.3) is 11.1 Å².